The Kier molecular flexibility index (Phi) is 4.92. The van der Waals surface area contributed by atoms with E-state index in [2.05, 4.69) is 39.5 Å². The standard InChI is InChI=1S/C24H22N4O3/c25-24(29)19-8-11-30-22-13-20-23-16(6-3-7-18(23)14-28(20)22)4-1-2-5-17-12-21(17)31-15-26-9-10-27-19/h1-12,15,19,22,27H,13-14H2,(H2,25,29)/b2-1-,10-9-,11-8+,16-4+,17-5+,26-15?/t19?,22-/m0/s1. The number of hydrogen-bond acceptors (Lipinski definition) is 6. The van der Waals surface area contributed by atoms with Gasteiger partial charge in [0.2, 0.25) is 5.91 Å². The molecule has 1 unspecified atom stereocenters. The molecule has 7 nitrogen and oxygen atoms in total. The predicted molar refractivity (Wildman–Crippen MR) is 118 cm³/mol. The molecular formula is C24H22N4O3. The van der Waals surface area contributed by atoms with Gasteiger partial charge in [0.25, 0.3) is 0 Å². The van der Waals surface area contributed by atoms with Crippen LogP contribution in [0.25, 0.3) is 11.8 Å². The first-order valence-electron chi connectivity index (χ1n) is 10.1. The summed E-state index contributed by atoms with van der Waals surface area (Å²) in [4.78, 5) is 17.9. The first-order valence-corrected chi connectivity index (χ1v) is 10.1. The number of carbonyl (C=O) groups excluding carboxylic acids is 1. The van der Waals surface area contributed by atoms with Gasteiger partial charge in [-0.25, -0.2) is 4.99 Å². The minimum Gasteiger partial charge on any atom is -0.478 e. The second-order valence-corrected chi connectivity index (χ2v) is 7.50. The number of benzene rings is 1. The molecule has 1 aromatic carbocycles. The molecule has 3 heterocycles. The van der Waals surface area contributed by atoms with Crippen molar-refractivity contribution in [1.82, 2.24) is 10.2 Å². The molecule has 1 fully saturated rings. The van der Waals surface area contributed by atoms with E-state index in [1.807, 2.05) is 24.3 Å². The molecule has 1 saturated heterocycles. The van der Waals surface area contributed by atoms with Crippen LogP contribution in [0.4, 0.5) is 0 Å². The molecule has 2 atom stereocenters. The Labute approximate surface area is 179 Å². The highest BCUT2D eigenvalue weighted by Crippen LogP contribution is 2.35. The molecular weight excluding hydrogens is 392 g/mol. The fourth-order valence-corrected chi connectivity index (χ4v) is 3.86. The fourth-order valence-electron chi connectivity index (χ4n) is 3.86. The number of primary amides is 1. The number of fused-ring (bicyclic) bond motifs is 3. The molecule has 7 heteroatoms. The van der Waals surface area contributed by atoms with Crippen molar-refractivity contribution in [3.63, 3.8) is 0 Å². The quantitative estimate of drug-likeness (QED) is 0.716. The van der Waals surface area contributed by atoms with Gasteiger partial charge in [-0.2, -0.15) is 0 Å². The number of aliphatic imine (C=N–C) groups is 1. The minimum absolute atomic E-state index is 0.0499. The highest BCUT2D eigenvalue weighted by atomic mass is 16.5. The van der Waals surface area contributed by atoms with Crippen molar-refractivity contribution in [2.24, 2.45) is 10.7 Å². The van der Waals surface area contributed by atoms with E-state index in [4.69, 9.17) is 15.2 Å². The fraction of sp³-hybridized carbons (Fsp3) is 0.167. The molecule has 0 radical (unpaired) electrons. The molecule has 1 amide bonds. The van der Waals surface area contributed by atoms with Crippen LogP contribution in [0.15, 0.2) is 83.6 Å². The van der Waals surface area contributed by atoms with Crippen molar-refractivity contribution in [2.75, 3.05) is 0 Å². The zero-order valence-corrected chi connectivity index (χ0v) is 16.8. The molecule has 0 spiro atoms. The number of carbonyl (C=O) groups is 1. The molecule has 1 aromatic rings. The van der Waals surface area contributed by atoms with Crippen LogP contribution < -0.4 is 21.5 Å². The molecule has 3 N–H and O–H groups in total. The van der Waals surface area contributed by atoms with E-state index in [1.54, 1.807) is 6.08 Å². The number of rotatable bonds is 1. The summed E-state index contributed by atoms with van der Waals surface area (Å²) in [5.41, 5.74) is 9.08. The van der Waals surface area contributed by atoms with Crippen molar-refractivity contribution in [3.8, 4) is 0 Å². The number of nitrogens with one attached hydrogen (secondary N) is 1. The summed E-state index contributed by atoms with van der Waals surface area (Å²) >= 11 is 0. The van der Waals surface area contributed by atoms with E-state index in [9.17, 15) is 4.79 Å². The van der Waals surface area contributed by atoms with E-state index < -0.39 is 11.9 Å². The van der Waals surface area contributed by atoms with E-state index in [0.717, 1.165) is 24.3 Å². The van der Waals surface area contributed by atoms with Crippen LogP contribution in [0.2, 0.25) is 0 Å². The van der Waals surface area contributed by atoms with Gasteiger partial charge in [0, 0.05) is 41.9 Å². The Morgan fingerprint density at radius 3 is 3.06 bits per heavy atom. The van der Waals surface area contributed by atoms with Crippen LogP contribution in [-0.2, 0) is 20.8 Å². The lowest BCUT2D eigenvalue weighted by molar-refractivity contribution is -0.118. The van der Waals surface area contributed by atoms with Crippen molar-refractivity contribution >= 4 is 24.1 Å². The van der Waals surface area contributed by atoms with E-state index in [0.29, 0.717) is 0 Å². The zero-order chi connectivity index (χ0) is 21.2. The van der Waals surface area contributed by atoms with Crippen LogP contribution in [0.1, 0.15) is 12.0 Å². The van der Waals surface area contributed by atoms with Crippen LogP contribution in [0.5, 0.6) is 0 Å². The molecule has 2 bridgehead atoms. The molecule has 156 valence electrons. The second-order valence-electron chi connectivity index (χ2n) is 7.50. The summed E-state index contributed by atoms with van der Waals surface area (Å²) in [7, 11) is 0. The van der Waals surface area contributed by atoms with Crippen LogP contribution in [0, 0.1) is 0 Å². The van der Waals surface area contributed by atoms with Gasteiger partial charge >= 0.3 is 0 Å². The first-order chi connectivity index (χ1) is 15.2. The lowest BCUT2D eigenvalue weighted by atomic mass is 10.1. The van der Waals surface area contributed by atoms with Crippen LogP contribution >= 0.6 is 0 Å². The maximum absolute atomic E-state index is 11.7. The second kappa shape index (κ2) is 8.02. The summed E-state index contributed by atoms with van der Waals surface area (Å²) in [5, 5.41) is 5.38. The summed E-state index contributed by atoms with van der Waals surface area (Å²) in [6, 6.07) is 5.68. The number of ether oxygens (including phenoxy) is 2. The van der Waals surface area contributed by atoms with Crippen molar-refractivity contribution < 1.29 is 14.3 Å². The summed E-state index contributed by atoms with van der Waals surface area (Å²) in [6.45, 7) is 0.821. The molecule has 0 aromatic heterocycles. The molecule has 0 saturated carbocycles. The average molecular weight is 414 g/mol. The number of amides is 1. The SMILES string of the molecule is NC(=O)C1/C=C/O[C@H]2CC3=c4c(ccc\c4=C/C=C\C=C4C=C/4OC=N/C=C\N1)CN32. The Hall–Kier alpha value is -4.00. The maximum Gasteiger partial charge on any atom is 0.244 e. The third-order valence-electron chi connectivity index (χ3n) is 5.52. The van der Waals surface area contributed by atoms with Gasteiger partial charge in [-0.3, -0.25) is 4.79 Å². The van der Waals surface area contributed by atoms with Crippen LogP contribution in [-0.4, -0.2) is 29.5 Å². The Balaban J connectivity index is 1.43. The van der Waals surface area contributed by atoms with E-state index in [-0.39, 0.29) is 6.23 Å². The minimum atomic E-state index is -0.700. The zero-order valence-electron chi connectivity index (χ0n) is 16.8. The molecule has 4 aliphatic rings. The molecule has 5 rings (SSSR count). The maximum atomic E-state index is 11.7. The van der Waals surface area contributed by atoms with E-state index >= 15 is 0 Å². The van der Waals surface area contributed by atoms with Gasteiger partial charge in [0.05, 0.1) is 6.26 Å². The number of nitrogens with two attached hydrogens (primary N) is 1. The summed E-state index contributed by atoms with van der Waals surface area (Å²) in [5.74, 6) is 0.270. The summed E-state index contributed by atoms with van der Waals surface area (Å²) < 4.78 is 11.3. The summed E-state index contributed by atoms with van der Waals surface area (Å²) in [6.07, 6.45) is 18.4. The highest BCUT2D eigenvalue weighted by Gasteiger charge is 2.38. The van der Waals surface area contributed by atoms with Gasteiger partial charge in [-0.1, -0.05) is 42.5 Å². The van der Waals surface area contributed by atoms with Gasteiger partial charge in [-0.15, -0.1) is 0 Å². The van der Waals surface area contributed by atoms with E-state index in [1.165, 1.54) is 46.8 Å². The third-order valence-corrected chi connectivity index (χ3v) is 5.52. The Bertz CT molecular complexity index is 1220. The largest absolute Gasteiger partial charge is 0.478 e. The first kappa shape index (κ1) is 19.0. The predicted octanol–water partition coefficient (Wildman–Crippen LogP) is 1.00. The number of hydrogen-bond donors (Lipinski definition) is 2. The van der Waals surface area contributed by atoms with Gasteiger partial charge in [0.15, 0.2) is 12.6 Å². The smallest absolute Gasteiger partial charge is 0.244 e. The van der Waals surface area contributed by atoms with Gasteiger partial charge in [0.1, 0.15) is 11.8 Å². The normalized spacial score (nSPS) is 29.5. The van der Waals surface area contributed by atoms with Crippen molar-refractivity contribution in [2.45, 2.75) is 25.2 Å². The van der Waals surface area contributed by atoms with Gasteiger partial charge in [-0.05, 0) is 22.9 Å². The Morgan fingerprint density at radius 2 is 2.16 bits per heavy atom. The third kappa shape index (κ3) is 3.90. The molecule has 3 aliphatic heterocycles. The monoisotopic (exact) mass is 414 g/mol. The highest BCUT2D eigenvalue weighted by molar-refractivity contribution is 5.82. The lowest BCUT2D eigenvalue weighted by Crippen LogP contribution is -2.45. The van der Waals surface area contributed by atoms with Crippen molar-refractivity contribution in [3.05, 3.63) is 94.6 Å². The molecule has 1 aliphatic carbocycles. The van der Waals surface area contributed by atoms with Crippen molar-refractivity contribution in [1.29, 1.82) is 0 Å². The number of nitrogens with zero attached hydrogens (tertiary/aromatic N) is 2. The molecule has 31 heavy (non-hydrogen) atoms. The average Bonchev–Trinajstić information content (AvgIpc) is 3.43. The topological polar surface area (TPSA) is 89.2 Å². The van der Waals surface area contributed by atoms with Gasteiger partial charge < -0.3 is 25.4 Å². The number of allylic oxidation sites excluding steroid dienone is 5. The van der Waals surface area contributed by atoms with Crippen LogP contribution in [0.3, 0.4) is 0 Å². The Morgan fingerprint density at radius 1 is 1.26 bits per heavy atom. The lowest BCUT2D eigenvalue weighted by Gasteiger charge is -2.41.